The Morgan fingerprint density at radius 2 is 1.77 bits per heavy atom. The zero-order valence-electron chi connectivity index (χ0n) is 18.7. The zero-order valence-corrected chi connectivity index (χ0v) is 18.7. The molecule has 3 rings (SSSR count). The van der Waals surface area contributed by atoms with Crippen LogP contribution in [0.4, 0.5) is 34.1 Å². The second kappa shape index (κ2) is 10.6. The molecule has 0 spiro atoms. The number of benzene rings is 3. The standard InChI is InChI=1S/C23H19N7O5/c1-15(31)25-21-11-18(28(2)14-16-6-4-3-5-7-16)8-9-20(21)26-27-23-17(13-24)10-19(29(32)33)12-22(23)30(34)35/h3-12H,14H2,1-2H3,(H,25,31)/b27-26+. The van der Waals surface area contributed by atoms with Gasteiger partial charge in [-0.1, -0.05) is 30.3 Å². The van der Waals surface area contributed by atoms with Crippen molar-refractivity contribution < 1.29 is 14.6 Å². The Bertz CT molecular complexity index is 1370. The predicted octanol–water partition coefficient (Wildman–Crippen LogP) is 5.38. The molecule has 0 aliphatic carbocycles. The van der Waals surface area contributed by atoms with Gasteiger partial charge in [-0.3, -0.25) is 25.0 Å². The second-order valence-electron chi connectivity index (χ2n) is 7.41. The number of non-ortho nitro benzene ring substituents is 1. The molecule has 0 bridgehead atoms. The highest BCUT2D eigenvalue weighted by molar-refractivity contribution is 5.93. The van der Waals surface area contributed by atoms with Crippen molar-refractivity contribution in [3.8, 4) is 6.07 Å². The van der Waals surface area contributed by atoms with Gasteiger partial charge in [-0.2, -0.15) is 5.26 Å². The van der Waals surface area contributed by atoms with Crippen LogP contribution in [0.1, 0.15) is 18.1 Å². The Morgan fingerprint density at radius 3 is 2.37 bits per heavy atom. The van der Waals surface area contributed by atoms with Crippen LogP contribution in [0.3, 0.4) is 0 Å². The molecule has 0 fully saturated rings. The molecule has 176 valence electrons. The number of carbonyl (C=O) groups excluding carboxylic acids is 1. The number of amides is 1. The third-order valence-electron chi connectivity index (χ3n) is 4.85. The van der Waals surface area contributed by atoms with Crippen molar-refractivity contribution in [2.24, 2.45) is 10.2 Å². The highest BCUT2D eigenvalue weighted by atomic mass is 16.6. The van der Waals surface area contributed by atoms with Crippen LogP contribution in [0.25, 0.3) is 0 Å². The van der Waals surface area contributed by atoms with Crippen LogP contribution in [0.5, 0.6) is 0 Å². The number of nitriles is 1. The fourth-order valence-corrected chi connectivity index (χ4v) is 3.23. The van der Waals surface area contributed by atoms with E-state index in [1.54, 1.807) is 24.3 Å². The lowest BCUT2D eigenvalue weighted by atomic mass is 10.1. The summed E-state index contributed by atoms with van der Waals surface area (Å²) in [5.41, 5.74) is 0.147. The van der Waals surface area contributed by atoms with Gasteiger partial charge in [-0.25, -0.2) is 0 Å². The summed E-state index contributed by atoms with van der Waals surface area (Å²) in [6, 6.07) is 18.0. The van der Waals surface area contributed by atoms with Gasteiger partial charge in [-0.15, -0.1) is 10.2 Å². The van der Waals surface area contributed by atoms with Crippen LogP contribution in [0, 0.1) is 31.6 Å². The third kappa shape index (κ3) is 5.99. The van der Waals surface area contributed by atoms with Gasteiger partial charge in [0.25, 0.3) is 5.69 Å². The molecule has 35 heavy (non-hydrogen) atoms. The van der Waals surface area contributed by atoms with E-state index in [9.17, 15) is 30.3 Å². The van der Waals surface area contributed by atoms with E-state index in [1.165, 1.54) is 6.92 Å². The molecule has 0 saturated carbocycles. The summed E-state index contributed by atoms with van der Waals surface area (Å²) in [4.78, 5) is 34.5. The Hall–Kier alpha value is -5.18. The molecule has 0 radical (unpaired) electrons. The predicted molar refractivity (Wildman–Crippen MR) is 128 cm³/mol. The lowest BCUT2D eigenvalue weighted by Gasteiger charge is -2.21. The number of rotatable bonds is 8. The van der Waals surface area contributed by atoms with E-state index in [2.05, 4.69) is 15.5 Å². The van der Waals surface area contributed by atoms with E-state index >= 15 is 0 Å². The molecular weight excluding hydrogens is 454 g/mol. The van der Waals surface area contributed by atoms with E-state index in [0.717, 1.165) is 17.3 Å². The molecule has 0 aliphatic heterocycles. The summed E-state index contributed by atoms with van der Waals surface area (Å²) in [5.74, 6) is -0.372. The van der Waals surface area contributed by atoms with Gasteiger partial charge >= 0.3 is 5.69 Å². The van der Waals surface area contributed by atoms with Crippen LogP contribution >= 0.6 is 0 Å². The van der Waals surface area contributed by atoms with Crippen LogP contribution in [-0.4, -0.2) is 22.8 Å². The summed E-state index contributed by atoms with van der Waals surface area (Å²) < 4.78 is 0. The number of nitro benzene ring substituents is 2. The number of hydrogen-bond acceptors (Lipinski definition) is 9. The second-order valence-corrected chi connectivity index (χ2v) is 7.41. The van der Waals surface area contributed by atoms with Gasteiger partial charge in [0, 0.05) is 32.3 Å². The third-order valence-corrected chi connectivity index (χ3v) is 4.85. The van der Waals surface area contributed by atoms with Crippen LogP contribution in [0.15, 0.2) is 70.9 Å². The van der Waals surface area contributed by atoms with Crippen molar-refractivity contribution in [1.29, 1.82) is 5.26 Å². The fourth-order valence-electron chi connectivity index (χ4n) is 3.23. The number of hydrogen-bond donors (Lipinski definition) is 1. The Balaban J connectivity index is 2.01. The van der Waals surface area contributed by atoms with Gasteiger partial charge in [0.05, 0.1) is 27.2 Å². The van der Waals surface area contributed by atoms with Gasteiger partial charge in [-0.05, 0) is 23.8 Å². The normalized spacial score (nSPS) is 10.5. The molecule has 0 saturated heterocycles. The smallest absolute Gasteiger partial charge is 0.304 e. The molecule has 0 aromatic heterocycles. The number of nitrogens with one attached hydrogen (secondary N) is 1. The minimum atomic E-state index is -0.876. The molecule has 0 atom stereocenters. The lowest BCUT2D eigenvalue weighted by molar-refractivity contribution is -0.393. The molecular formula is C23H19N7O5. The first-order valence-corrected chi connectivity index (χ1v) is 10.1. The Morgan fingerprint density at radius 1 is 1.06 bits per heavy atom. The monoisotopic (exact) mass is 473 g/mol. The number of azo groups is 1. The Labute approximate surface area is 199 Å². The van der Waals surface area contributed by atoms with Crippen LogP contribution in [-0.2, 0) is 11.3 Å². The molecule has 12 heteroatoms. The van der Waals surface area contributed by atoms with Gasteiger partial charge in [0.2, 0.25) is 5.91 Å². The highest BCUT2D eigenvalue weighted by Crippen LogP contribution is 2.38. The SMILES string of the molecule is CC(=O)Nc1cc(N(C)Cc2ccccc2)ccc1/N=N/c1c(C#N)cc([N+](=O)[O-])cc1[N+](=O)[O-]. The Kier molecular flexibility index (Phi) is 7.43. The summed E-state index contributed by atoms with van der Waals surface area (Å²) in [6.45, 7) is 1.91. The van der Waals surface area contributed by atoms with Crippen molar-refractivity contribution in [2.45, 2.75) is 13.5 Å². The molecule has 12 nitrogen and oxygen atoms in total. The highest BCUT2D eigenvalue weighted by Gasteiger charge is 2.24. The number of nitro groups is 2. The minimum absolute atomic E-state index is 0.175. The first-order valence-electron chi connectivity index (χ1n) is 10.1. The lowest BCUT2D eigenvalue weighted by Crippen LogP contribution is -2.16. The number of anilines is 2. The van der Waals surface area contributed by atoms with E-state index < -0.39 is 26.9 Å². The maximum absolute atomic E-state index is 11.8. The average Bonchev–Trinajstić information content (AvgIpc) is 2.82. The average molecular weight is 473 g/mol. The number of nitrogens with zero attached hydrogens (tertiary/aromatic N) is 6. The van der Waals surface area contributed by atoms with Crippen molar-refractivity contribution in [3.63, 3.8) is 0 Å². The van der Waals surface area contributed by atoms with Gasteiger partial charge in [0.1, 0.15) is 11.8 Å². The molecule has 3 aromatic carbocycles. The molecule has 1 N–H and O–H groups in total. The molecule has 0 aliphatic rings. The van der Waals surface area contributed by atoms with E-state index in [-0.39, 0.29) is 17.2 Å². The summed E-state index contributed by atoms with van der Waals surface area (Å²) >= 11 is 0. The zero-order chi connectivity index (χ0) is 25.5. The van der Waals surface area contributed by atoms with E-state index in [0.29, 0.717) is 18.3 Å². The maximum atomic E-state index is 11.8. The van der Waals surface area contributed by atoms with E-state index in [4.69, 9.17) is 0 Å². The summed E-state index contributed by atoms with van der Waals surface area (Å²) in [5, 5.41) is 42.4. The number of carbonyl (C=O) groups is 1. The maximum Gasteiger partial charge on any atom is 0.304 e. The first-order chi connectivity index (χ1) is 16.7. The molecule has 0 unspecified atom stereocenters. The van der Waals surface area contributed by atoms with E-state index in [1.807, 2.05) is 42.3 Å². The largest absolute Gasteiger partial charge is 0.370 e. The fraction of sp³-hybridized carbons (Fsp3) is 0.130. The summed E-state index contributed by atoms with van der Waals surface area (Å²) in [6.07, 6.45) is 0. The van der Waals surface area contributed by atoms with Crippen molar-refractivity contribution in [1.82, 2.24) is 0 Å². The van der Waals surface area contributed by atoms with Gasteiger partial charge < -0.3 is 10.2 Å². The molecule has 0 heterocycles. The van der Waals surface area contributed by atoms with Gasteiger partial charge in [0.15, 0.2) is 5.69 Å². The quantitative estimate of drug-likeness (QED) is 0.260. The molecule has 3 aromatic rings. The first kappa shape index (κ1) is 24.5. The van der Waals surface area contributed by atoms with Crippen molar-refractivity contribution >= 4 is 40.0 Å². The molecule has 1 amide bonds. The summed E-state index contributed by atoms with van der Waals surface area (Å²) in [7, 11) is 1.88. The minimum Gasteiger partial charge on any atom is -0.370 e. The van der Waals surface area contributed by atoms with Crippen molar-refractivity contribution in [2.75, 3.05) is 17.3 Å². The van der Waals surface area contributed by atoms with Crippen LogP contribution in [0.2, 0.25) is 0 Å². The van der Waals surface area contributed by atoms with Crippen LogP contribution < -0.4 is 10.2 Å². The van der Waals surface area contributed by atoms with Crippen molar-refractivity contribution in [3.05, 3.63) is 92.0 Å². The topological polar surface area (TPSA) is 167 Å².